The summed E-state index contributed by atoms with van der Waals surface area (Å²) in [5, 5.41) is 0. The maximum Gasteiger partial charge on any atom is 0.230 e. The summed E-state index contributed by atoms with van der Waals surface area (Å²) in [4.78, 5) is 5.20. The predicted octanol–water partition coefficient (Wildman–Crippen LogP) is 1.74. The van der Waals surface area contributed by atoms with E-state index in [9.17, 15) is 8.78 Å². The number of pyridine rings is 2. The van der Waals surface area contributed by atoms with Gasteiger partial charge in [-0.1, -0.05) is 0 Å². The van der Waals surface area contributed by atoms with Crippen molar-refractivity contribution in [3.8, 4) is 11.3 Å². The summed E-state index contributed by atoms with van der Waals surface area (Å²) in [6.07, 6.45) is 1.88. The third-order valence-corrected chi connectivity index (χ3v) is 3.16. The molecule has 2 aromatic rings. The maximum absolute atomic E-state index is 13.8. The first-order valence-corrected chi connectivity index (χ1v) is 5.62. The Hall–Kier alpha value is -2.04. The van der Waals surface area contributed by atoms with E-state index in [2.05, 4.69) is 4.98 Å². The zero-order valence-electron chi connectivity index (χ0n) is 10.1. The number of halogens is 2. The van der Waals surface area contributed by atoms with Crippen LogP contribution in [0.15, 0.2) is 24.4 Å². The van der Waals surface area contributed by atoms with Crippen LogP contribution in [0.5, 0.6) is 0 Å². The van der Waals surface area contributed by atoms with Crippen molar-refractivity contribution in [2.45, 2.75) is 6.54 Å². The zero-order valence-corrected chi connectivity index (χ0v) is 10.1. The minimum Gasteiger partial charge on any atom is -0.377 e. The third kappa shape index (κ3) is 1.54. The second kappa shape index (κ2) is 3.73. The molecule has 0 fully saturated rings. The summed E-state index contributed by atoms with van der Waals surface area (Å²) in [6.45, 7) is 0.481. The Morgan fingerprint density at radius 2 is 2.06 bits per heavy atom. The summed E-state index contributed by atoms with van der Waals surface area (Å²) in [7, 11) is 3.84. The first kappa shape index (κ1) is 11.1. The Balaban J connectivity index is 2.22. The molecule has 0 bridgehead atoms. The van der Waals surface area contributed by atoms with Crippen LogP contribution in [-0.2, 0) is 6.54 Å². The van der Waals surface area contributed by atoms with Crippen LogP contribution in [0.2, 0.25) is 0 Å². The van der Waals surface area contributed by atoms with E-state index in [-0.39, 0.29) is 0 Å². The van der Waals surface area contributed by atoms with Crippen LogP contribution in [-0.4, -0.2) is 19.1 Å². The third-order valence-electron chi connectivity index (χ3n) is 3.16. The van der Waals surface area contributed by atoms with Gasteiger partial charge >= 0.3 is 0 Å². The molecular formula is C13H12F2N3+. The number of anilines is 1. The average molecular weight is 248 g/mol. The van der Waals surface area contributed by atoms with Crippen LogP contribution >= 0.6 is 0 Å². The molecule has 3 heterocycles. The fraction of sp³-hybridized carbons (Fsp3) is 0.231. The quantitative estimate of drug-likeness (QED) is 0.483. The summed E-state index contributed by atoms with van der Waals surface area (Å²) in [5.74, 6) is -1.51. The first-order valence-electron chi connectivity index (χ1n) is 5.62. The molecule has 0 spiro atoms. The molecule has 2 aromatic heterocycles. The van der Waals surface area contributed by atoms with Gasteiger partial charge in [0.05, 0.1) is 0 Å². The van der Waals surface area contributed by atoms with Gasteiger partial charge in [0.25, 0.3) is 0 Å². The summed E-state index contributed by atoms with van der Waals surface area (Å²) >= 11 is 0. The molecule has 0 saturated carbocycles. The number of nitrogens with zero attached hydrogens (tertiary/aromatic N) is 3. The van der Waals surface area contributed by atoms with Gasteiger partial charge in [0.15, 0.2) is 12.7 Å². The van der Waals surface area contributed by atoms with Crippen molar-refractivity contribution in [2.75, 3.05) is 19.0 Å². The molecule has 3 nitrogen and oxygen atoms in total. The van der Waals surface area contributed by atoms with Crippen LogP contribution in [0.4, 0.5) is 14.5 Å². The SMILES string of the molecule is CN(C)c1cc[n+]2c(c1)-c1c(cc(F)nc1F)C2. The van der Waals surface area contributed by atoms with Crippen molar-refractivity contribution < 1.29 is 13.3 Å². The fourth-order valence-corrected chi connectivity index (χ4v) is 2.26. The van der Waals surface area contributed by atoms with Gasteiger partial charge < -0.3 is 4.90 Å². The lowest BCUT2D eigenvalue weighted by atomic mass is 10.1. The number of rotatable bonds is 1. The molecule has 92 valence electrons. The van der Waals surface area contributed by atoms with Crippen molar-refractivity contribution in [3.05, 3.63) is 41.9 Å². The van der Waals surface area contributed by atoms with Crippen molar-refractivity contribution in [1.82, 2.24) is 4.98 Å². The molecule has 0 N–H and O–H groups in total. The Labute approximate surface area is 103 Å². The molecule has 0 radical (unpaired) electrons. The molecule has 0 aromatic carbocycles. The lowest BCUT2D eigenvalue weighted by Gasteiger charge is -2.11. The number of aromatic nitrogens is 2. The standard InChI is InChI=1S/C13H12F2N3/c1-17(2)9-3-4-18-7-8-5-11(14)16-13(15)12(8)10(18)6-9/h3-6H,7H2,1-2H3/q+1. The predicted molar refractivity (Wildman–Crippen MR) is 63.2 cm³/mol. The normalized spacial score (nSPS) is 12.2. The lowest BCUT2D eigenvalue weighted by Crippen LogP contribution is -2.32. The highest BCUT2D eigenvalue weighted by Crippen LogP contribution is 2.30. The van der Waals surface area contributed by atoms with E-state index in [1.54, 1.807) is 0 Å². The minimum atomic E-state index is -0.771. The van der Waals surface area contributed by atoms with Crippen LogP contribution in [0.1, 0.15) is 5.56 Å². The molecule has 1 aliphatic rings. The Bertz CT molecular complexity index is 638. The van der Waals surface area contributed by atoms with Crippen LogP contribution in [0.3, 0.4) is 0 Å². The van der Waals surface area contributed by atoms with Crippen molar-refractivity contribution >= 4 is 5.69 Å². The summed E-state index contributed by atoms with van der Waals surface area (Å²) in [5.41, 5.74) is 2.75. The van der Waals surface area contributed by atoms with E-state index in [1.165, 1.54) is 6.07 Å². The maximum atomic E-state index is 13.8. The van der Waals surface area contributed by atoms with Crippen LogP contribution in [0.25, 0.3) is 11.3 Å². The van der Waals surface area contributed by atoms with Gasteiger partial charge in [-0.05, 0) is 0 Å². The second-order valence-corrected chi connectivity index (χ2v) is 4.56. The number of fused-ring (bicyclic) bond motifs is 3. The minimum absolute atomic E-state index is 0.403. The molecular weight excluding hydrogens is 236 g/mol. The molecule has 0 atom stereocenters. The van der Waals surface area contributed by atoms with Gasteiger partial charge in [0.1, 0.15) is 5.56 Å². The van der Waals surface area contributed by atoms with Crippen molar-refractivity contribution in [3.63, 3.8) is 0 Å². The molecule has 0 aliphatic carbocycles. The van der Waals surface area contributed by atoms with Gasteiger partial charge in [-0.2, -0.15) is 18.3 Å². The van der Waals surface area contributed by atoms with Gasteiger partial charge in [-0.25, -0.2) is 0 Å². The second-order valence-electron chi connectivity index (χ2n) is 4.56. The van der Waals surface area contributed by atoms with E-state index < -0.39 is 11.9 Å². The number of hydrogen-bond donors (Lipinski definition) is 0. The van der Waals surface area contributed by atoms with Crippen molar-refractivity contribution in [2.24, 2.45) is 0 Å². The highest BCUT2D eigenvalue weighted by Gasteiger charge is 2.31. The molecule has 3 rings (SSSR count). The smallest absolute Gasteiger partial charge is 0.230 e. The highest BCUT2D eigenvalue weighted by molar-refractivity contribution is 5.66. The summed E-state index contributed by atoms with van der Waals surface area (Å²) < 4.78 is 28.8. The molecule has 0 unspecified atom stereocenters. The Kier molecular flexibility index (Phi) is 2.29. The van der Waals surface area contributed by atoms with E-state index >= 15 is 0 Å². The van der Waals surface area contributed by atoms with Crippen LogP contribution < -0.4 is 9.47 Å². The lowest BCUT2D eigenvalue weighted by molar-refractivity contribution is -0.672. The number of hydrogen-bond acceptors (Lipinski definition) is 2. The Morgan fingerprint density at radius 3 is 2.78 bits per heavy atom. The van der Waals surface area contributed by atoms with Gasteiger partial charge in [-0.15, -0.1) is 0 Å². The summed E-state index contributed by atoms with van der Waals surface area (Å²) in [6, 6.07) is 5.12. The van der Waals surface area contributed by atoms with E-state index in [1.807, 2.05) is 41.9 Å². The Morgan fingerprint density at radius 1 is 1.28 bits per heavy atom. The average Bonchev–Trinajstić information content (AvgIpc) is 2.65. The molecule has 0 saturated heterocycles. The topological polar surface area (TPSA) is 20.0 Å². The fourth-order valence-electron chi connectivity index (χ4n) is 2.26. The zero-order chi connectivity index (χ0) is 12.9. The molecule has 18 heavy (non-hydrogen) atoms. The molecule has 5 heteroatoms. The molecule has 0 amide bonds. The first-order chi connectivity index (χ1) is 8.56. The highest BCUT2D eigenvalue weighted by atomic mass is 19.1. The van der Waals surface area contributed by atoms with Gasteiger partial charge in [-0.3, -0.25) is 0 Å². The largest absolute Gasteiger partial charge is 0.377 e. The van der Waals surface area contributed by atoms with E-state index in [4.69, 9.17) is 0 Å². The monoisotopic (exact) mass is 248 g/mol. The van der Waals surface area contributed by atoms with E-state index in [0.717, 1.165) is 11.4 Å². The van der Waals surface area contributed by atoms with E-state index in [0.29, 0.717) is 17.7 Å². The van der Waals surface area contributed by atoms with Gasteiger partial charge in [0, 0.05) is 43.5 Å². The molecule has 1 aliphatic heterocycles. The van der Waals surface area contributed by atoms with Crippen molar-refractivity contribution in [1.29, 1.82) is 0 Å². The van der Waals surface area contributed by atoms with Crippen LogP contribution in [0, 0.1) is 11.9 Å². The van der Waals surface area contributed by atoms with Gasteiger partial charge in [0.2, 0.25) is 17.6 Å².